The minimum Gasteiger partial charge on any atom is -0.454 e. The number of ether oxygens (including phenoxy) is 1. The molecule has 2 aromatic carbocycles. The zero-order valence-electron chi connectivity index (χ0n) is 12.8. The van der Waals surface area contributed by atoms with Crippen LogP contribution in [0.25, 0.3) is 10.9 Å². The number of rotatable bonds is 4. The normalized spacial score (nSPS) is 10.8. The molecule has 0 saturated heterocycles. The Labute approximate surface area is 148 Å². The molecule has 0 unspecified atom stereocenters. The van der Waals surface area contributed by atoms with Crippen LogP contribution >= 0.6 is 23.2 Å². The van der Waals surface area contributed by atoms with Crippen LogP contribution in [0.5, 0.6) is 0 Å². The summed E-state index contributed by atoms with van der Waals surface area (Å²) in [5, 5.41) is 1.44. The van der Waals surface area contributed by atoms with Gasteiger partial charge in [0.05, 0.1) is 10.6 Å². The molecule has 0 fully saturated rings. The van der Waals surface area contributed by atoms with E-state index in [4.69, 9.17) is 27.9 Å². The van der Waals surface area contributed by atoms with E-state index in [9.17, 15) is 9.59 Å². The Bertz CT molecular complexity index is 947. The van der Waals surface area contributed by atoms with Gasteiger partial charge in [0.2, 0.25) is 5.78 Å². The molecule has 0 spiro atoms. The molecule has 0 aliphatic rings. The van der Waals surface area contributed by atoms with Crippen molar-refractivity contribution in [3.63, 3.8) is 0 Å². The highest BCUT2D eigenvalue weighted by molar-refractivity contribution is 6.36. The number of Topliss-reactive ketones (excluding diaryl/α,β-unsaturated/α-hetero) is 1. The van der Waals surface area contributed by atoms with Gasteiger partial charge in [-0.05, 0) is 24.3 Å². The average molecular weight is 362 g/mol. The third-order valence-electron chi connectivity index (χ3n) is 3.68. The lowest BCUT2D eigenvalue weighted by Gasteiger charge is -2.05. The number of carbonyl (C=O) groups excluding carboxylic acids is 2. The second-order valence-corrected chi connectivity index (χ2v) is 6.14. The topological polar surface area (TPSA) is 48.3 Å². The number of fused-ring (bicyclic) bond motifs is 1. The van der Waals surface area contributed by atoms with Crippen LogP contribution < -0.4 is 0 Å². The number of carbonyl (C=O) groups is 2. The zero-order chi connectivity index (χ0) is 17.3. The van der Waals surface area contributed by atoms with Crippen LogP contribution in [0.2, 0.25) is 10.0 Å². The molecule has 24 heavy (non-hydrogen) atoms. The van der Waals surface area contributed by atoms with E-state index in [2.05, 4.69) is 0 Å². The first-order chi connectivity index (χ1) is 11.5. The third-order valence-corrected chi connectivity index (χ3v) is 4.23. The van der Waals surface area contributed by atoms with Gasteiger partial charge >= 0.3 is 5.97 Å². The highest BCUT2D eigenvalue weighted by Crippen LogP contribution is 2.23. The van der Waals surface area contributed by atoms with Gasteiger partial charge in [-0.15, -0.1) is 0 Å². The fourth-order valence-corrected chi connectivity index (χ4v) is 3.02. The van der Waals surface area contributed by atoms with Crippen molar-refractivity contribution in [3.8, 4) is 0 Å². The number of aryl methyl sites for hydroxylation is 1. The smallest absolute Gasteiger partial charge is 0.340 e. The average Bonchev–Trinajstić information content (AvgIpc) is 2.90. The summed E-state index contributed by atoms with van der Waals surface area (Å²) < 4.78 is 6.99. The molecule has 0 N–H and O–H groups in total. The maximum Gasteiger partial charge on any atom is 0.340 e. The van der Waals surface area contributed by atoms with Crippen LogP contribution in [0.1, 0.15) is 20.7 Å². The Balaban J connectivity index is 1.76. The van der Waals surface area contributed by atoms with Gasteiger partial charge in [0, 0.05) is 34.7 Å². The van der Waals surface area contributed by atoms with Crippen molar-refractivity contribution in [1.29, 1.82) is 0 Å². The van der Waals surface area contributed by atoms with Gasteiger partial charge in [-0.2, -0.15) is 0 Å². The van der Waals surface area contributed by atoms with Crippen molar-refractivity contribution in [2.75, 3.05) is 6.61 Å². The van der Waals surface area contributed by atoms with Gasteiger partial charge in [-0.1, -0.05) is 41.4 Å². The van der Waals surface area contributed by atoms with E-state index in [1.165, 1.54) is 12.1 Å². The fraction of sp³-hybridized carbons (Fsp3) is 0.111. The summed E-state index contributed by atoms with van der Waals surface area (Å²) in [7, 11) is 1.84. The van der Waals surface area contributed by atoms with E-state index >= 15 is 0 Å². The SMILES string of the molecule is Cn1cc(C(=O)OCC(=O)c2ccc(Cl)cc2Cl)c2ccccc21. The minimum absolute atomic E-state index is 0.230. The number of halogens is 2. The number of aromatic nitrogens is 1. The summed E-state index contributed by atoms with van der Waals surface area (Å²) >= 11 is 11.8. The Morgan fingerprint density at radius 3 is 2.58 bits per heavy atom. The monoisotopic (exact) mass is 361 g/mol. The van der Waals surface area contributed by atoms with Crippen molar-refractivity contribution in [2.45, 2.75) is 0 Å². The van der Waals surface area contributed by atoms with Gasteiger partial charge in [0.15, 0.2) is 6.61 Å². The molecule has 0 atom stereocenters. The van der Waals surface area contributed by atoms with Crippen LogP contribution in [0.3, 0.4) is 0 Å². The maximum atomic E-state index is 12.3. The largest absolute Gasteiger partial charge is 0.454 e. The van der Waals surface area contributed by atoms with Gasteiger partial charge in [-0.3, -0.25) is 4.79 Å². The molecule has 3 aromatic rings. The Kier molecular flexibility index (Phi) is 4.60. The summed E-state index contributed by atoms with van der Waals surface area (Å²) in [4.78, 5) is 24.5. The zero-order valence-corrected chi connectivity index (χ0v) is 14.3. The number of benzene rings is 2. The maximum absolute atomic E-state index is 12.3. The molecule has 4 nitrogen and oxygen atoms in total. The number of para-hydroxylation sites is 1. The number of hydrogen-bond acceptors (Lipinski definition) is 3. The number of ketones is 1. The van der Waals surface area contributed by atoms with E-state index < -0.39 is 5.97 Å². The first kappa shape index (κ1) is 16.6. The summed E-state index contributed by atoms with van der Waals surface area (Å²) in [5.74, 6) is -0.935. The van der Waals surface area contributed by atoms with Crippen molar-refractivity contribution >= 4 is 45.9 Å². The lowest BCUT2D eigenvalue weighted by Crippen LogP contribution is -2.14. The standard InChI is InChI=1S/C18H13Cl2NO3/c1-21-9-14(12-4-2-3-5-16(12)21)18(23)24-10-17(22)13-7-6-11(19)8-15(13)20/h2-9H,10H2,1H3. The Morgan fingerprint density at radius 2 is 1.83 bits per heavy atom. The summed E-state index contributed by atoms with van der Waals surface area (Å²) in [5.41, 5.74) is 1.60. The molecule has 0 bridgehead atoms. The van der Waals surface area contributed by atoms with Gasteiger partial charge < -0.3 is 9.30 Å². The summed E-state index contributed by atoms with van der Waals surface area (Å²) in [6, 6.07) is 12.0. The Morgan fingerprint density at radius 1 is 1.08 bits per heavy atom. The molecule has 122 valence electrons. The second-order valence-electron chi connectivity index (χ2n) is 5.29. The molecule has 0 radical (unpaired) electrons. The molecule has 3 rings (SSSR count). The molecule has 6 heteroatoms. The molecular formula is C18H13Cl2NO3. The quantitative estimate of drug-likeness (QED) is 0.506. The Hall–Kier alpha value is -2.30. The van der Waals surface area contributed by atoms with E-state index in [0.717, 1.165) is 10.9 Å². The van der Waals surface area contributed by atoms with Gasteiger partial charge in [0.1, 0.15) is 0 Å². The second kappa shape index (κ2) is 6.67. The summed E-state index contributed by atoms with van der Waals surface area (Å²) in [6.45, 7) is -0.386. The van der Waals surface area contributed by atoms with Crippen LogP contribution in [0, 0.1) is 0 Å². The van der Waals surface area contributed by atoms with Gasteiger partial charge in [-0.25, -0.2) is 4.79 Å². The van der Waals surface area contributed by atoms with Crippen LogP contribution in [0.4, 0.5) is 0 Å². The molecular weight excluding hydrogens is 349 g/mol. The number of esters is 1. The lowest BCUT2D eigenvalue weighted by atomic mass is 10.1. The van der Waals surface area contributed by atoms with Gasteiger partial charge in [0.25, 0.3) is 0 Å². The fourth-order valence-electron chi connectivity index (χ4n) is 2.51. The van der Waals surface area contributed by atoms with Crippen LogP contribution in [0.15, 0.2) is 48.7 Å². The minimum atomic E-state index is -0.551. The highest BCUT2D eigenvalue weighted by atomic mass is 35.5. The van der Waals surface area contributed by atoms with Crippen molar-refractivity contribution in [3.05, 3.63) is 69.8 Å². The number of hydrogen-bond donors (Lipinski definition) is 0. The van der Waals surface area contributed by atoms with E-state index in [-0.39, 0.29) is 23.0 Å². The molecule has 1 aromatic heterocycles. The van der Waals surface area contributed by atoms with Crippen molar-refractivity contribution in [1.82, 2.24) is 4.57 Å². The van der Waals surface area contributed by atoms with E-state index in [1.54, 1.807) is 12.3 Å². The predicted molar refractivity (Wildman–Crippen MR) is 94.0 cm³/mol. The first-order valence-corrected chi connectivity index (χ1v) is 7.92. The lowest BCUT2D eigenvalue weighted by molar-refractivity contribution is 0.0476. The predicted octanol–water partition coefficient (Wildman–Crippen LogP) is 4.52. The molecule has 0 aliphatic heterocycles. The highest BCUT2D eigenvalue weighted by Gasteiger charge is 2.18. The van der Waals surface area contributed by atoms with Crippen LogP contribution in [-0.2, 0) is 11.8 Å². The van der Waals surface area contributed by atoms with Crippen LogP contribution in [-0.4, -0.2) is 22.9 Å². The van der Waals surface area contributed by atoms with Crippen molar-refractivity contribution in [2.24, 2.45) is 7.05 Å². The first-order valence-electron chi connectivity index (χ1n) is 7.17. The number of nitrogens with zero attached hydrogens (tertiary/aromatic N) is 1. The molecule has 1 heterocycles. The van der Waals surface area contributed by atoms with Crippen molar-refractivity contribution < 1.29 is 14.3 Å². The van der Waals surface area contributed by atoms with E-state index in [1.807, 2.05) is 35.9 Å². The van der Waals surface area contributed by atoms with E-state index in [0.29, 0.717) is 10.6 Å². The third kappa shape index (κ3) is 3.16. The summed E-state index contributed by atoms with van der Waals surface area (Å²) in [6.07, 6.45) is 1.69. The molecule has 0 aliphatic carbocycles. The molecule has 0 saturated carbocycles. The molecule has 0 amide bonds.